The number of benzene rings is 1. The van der Waals surface area contributed by atoms with Crippen LogP contribution in [0.2, 0.25) is 0 Å². The summed E-state index contributed by atoms with van der Waals surface area (Å²) in [5.74, 6) is -0.365. The van der Waals surface area contributed by atoms with E-state index in [2.05, 4.69) is 36.7 Å². The van der Waals surface area contributed by atoms with Crippen molar-refractivity contribution in [2.75, 3.05) is 27.2 Å². The van der Waals surface area contributed by atoms with Gasteiger partial charge in [-0.3, -0.25) is 4.79 Å². The average molecular weight is 264 g/mol. The van der Waals surface area contributed by atoms with Crippen LogP contribution in [-0.4, -0.2) is 49.0 Å². The second kappa shape index (κ2) is 7.53. The highest BCUT2D eigenvalue weighted by Crippen LogP contribution is 2.09. The lowest BCUT2D eigenvalue weighted by molar-refractivity contribution is -0.903. The van der Waals surface area contributed by atoms with E-state index in [1.807, 2.05) is 18.2 Å². The Morgan fingerprint density at radius 3 is 2.68 bits per heavy atom. The number of rotatable bonds is 7. The topological polar surface area (TPSA) is 61.7 Å². The van der Waals surface area contributed by atoms with Crippen molar-refractivity contribution < 1.29 is 14.5 Å². The summed E-state index contributed by atoms with van der Waals surface area (Å²) in [6.45, 7) is 2.51. The molecule has 0 bridgehead atoms. The van der Waals surface area contributed by atoms with Crippen LogP contribution in [0.1, 0.15) is 12.0 Å². The molecule has 0 aliphatic carbocycles. The first-order valence-corrected chi connectivity index (χ1v) is 6.35. The maximum atomic E-state index is 11.0. The number of hydrogen-bond donors (Lipinski definition) is 2. The molecule has 0 saturated carbocycles. The third-order valence-electron chi connectivity index (χ3n) is 2.87. The quantitative estimate of drug-likeness (QED) is 0.256. The monoisotopic (exact) mass is 264 g/mol. The van der Waals surface area contributed by atoms with Crippen molar-refractivity contribution in [2.24, 2.45) is 5.16 Å². The van der Waals surface area contributed by atoms with Crippen molar-refractivity contribution in [1.82, 2.24) is 5.32 Å². The van der Waals surface area contributed by atoms with Crippen LogP contribution in [0, 0.1) is 0 Å². The van der Waals surface area contributed by atoms with Gasteiger partial charge < -0.3 is 15.0 Å². The minimum Gasteiger partial charge on any atom is -0.411 e. The molecule has 0 unspecified atom stereocenters. The molecule has 0 spiro atoms. The van der Waals surface area contributed by atoms with Gasteiger partial charge in [0.05, 0.1) is 20.6 Å². The normalized spacial score (nSPS) is 11.7. The van der Waals surface area contributed by atoms with Gasteiger partial charge in [0.15, 0.2) is 0 Å². The van der Waals surface area contributed by atoms with Gasteiger partial charge in [-0.25, -0.2) is 0 Å². The Morgan fingerprint density at radius 2 is 2.05 bits per heavy atom. The summed E-state index contributed by atoms with van der Waals surface area (Å²) in [5.41, 5.74) is 1.31. The number of nitrogens with zero attached hydrogens (tertiary/aromatic N) is 2. The summed E-state index contributed by atoms with van der Waals surface area (Å²) in [5, 5.41) is 13.5. The van der Waals surface area contributed by atoms with Crippen molar-refractivity contribution in [3.63, 3.8) is 0 Å². The minimum atomic E-state index is -0.365. The van der Waals surface area contributed by atoms with Gasteiger partial charge in [-0.15, -0.1) is 0 Å². The molecule has 0 radical (unpaired) electrons. The van der Waals surface area contributed by atoms with Crippen LogP contribution < -0.4 is 5.32 Å². The smallest absolute Gasteiger partial charge is 0.265 e. The molecule has 0 saturated heterocycles. The maximum Gasteiger partial charge on any atom is 0.265 e. The number of carbonyl (C=O) groups is 1. The van der Waals surface area contributed by atoms with Crippen LogP contribution in [0.4, 0.5) is 0 Å². The molecule has 2 N–H and O–H groups in total. The van der Waals surface area contributed by atoms with Crippen molar-refractivity contribution in [2.45, 2.75) is 13.0 Å². The summed E-state index contributed by atoms with van der Waals surface area (Å²) in [4.78, 5) is 11.0. The summed E-state index contributed by atoms with van der Waals surface area (Å²) < 4.78 is 0.869. The molecule has 0 aromatic heterocycles. The number of oxime groups is 1. The number of nitrogens with one attached hydrogen (secondary N) is 1. The van der Waals surface area contributed by atoms with Gasteiger partial charge in [0, 0.05) is 18.5 Å². The Morgan fingerprint density at radius 1 is 1.37 bits per heavy atom. The van der Waals surface area contributed by atoms with Gasteiger partial charge in [-0.1, -0.05) is 35.5 Å². The van der Waals surface area contributed by atoms with Gasteiger partial charge in [-0.2, -0.15) is 0 Å². The maximum absolute atomic E-state index is 11.0. The lowest BCUT2D eigenvalue weighted by atomic mass is 10.2. The number of hydrogen-bond acceptors (Lipinski definition) is 3. The van der Waals surface area contributed by atoms with Crippen molar-refractivity contribution in [3.05, 3.63) is 35.9 Å². The Balaban J connectivity index is 2.29. The van der Waals surface area contributed by atoms with Gasteiger partial charge >= 0.3 is 0 Å². The second-order valence-electron chi connectivity index (χ2n) is 5.19. The van der Waals surface area contributed by atoms with Gasteiger partial charge in [-0.05, 0) is 0 Å². The van der Waals surface area contributed by atoms with E-state index >= 15 is 0 Å². The average Bonchev–Trinajstić information content (AvgIpc) is 2.36. The molecule has 0 heterocycles. The standard InChI is InChI=1S/C14H21N3O2/c1-17(2,12-13-7-4-3-5-8-13)10-6-9-15-14(18)11-16-19/h3-5,7-8,11H,6,9-10,12H2,1-2H3,(H-,15,18,19)/p+1. The van der Waals surface area contributed by atoms with Gasteiger partial charge in [0.25, 0.3) is 5.91 Å². The molecule has 5 heteroatoms. The predicted molar refractivity (Wildman–Crippen MR) is 75.0 cm³/mol. The molecule has 0 atom stereocenters. The van der Waals surface area contributed by atoms with Crippen LogP contribution in [-0.2, 0) is 11.3 Å². The summed E-state index contributed by atoms with van der Waals surface area (Å²) >= 11 is 0. The van der Waals surface area contributed by atoms with Crippen molar-refractivity contribution in [3.8, 4) is 0 Å². The summed E-state index contributed by atoms with van der Waals surface area (Å²) in [6, 6.07) is 10.4. The third kappa shape index (κ3) is 6.57. The zero-order chi connectivity index (χ0) is 14.1. The van der Waals surface area contributed by atoms with E-state index in [-0.39, 0.29) is 5.91 Å². The lowest BCUT2D eigenvalue weighted by Gasteiger charge is -2.30. The summed E-state index contributed by atoms with van der Waals surface area (Å²) in [6.07, 6.45) is 1.74. The molecule has 104 valence electrons. The Hall–Kier alpha value is -1.88. The molecule has 1 aromatic carbocycles. The fourth-order valence-corrected chi connectivity index (χ4v) is 1.97. The predicted octanol–water partition coefficient (Wildman–Crippen LogP) is 1.23. The first kappa shape index (κ1) is 15.2. The second-order valence-corrected chi connectivity index (χ2v) is 5.19. The number of quaternary nitrogens is 1. The molecule has 1 amide bonds. The highest BCUT2D eigenvalue weighted by molar-refractivity contribution is 6.25. The van der Waals surface area contributed by atoms with E-state index in [1.54, 1.807) is 0 Å². The molecule has 19 heavy (non-hydrogen) atoms. The van der Waals surface area contributed by atoms with E-state index < -0.39 is 0 Å². The molecule has 0 aliphatic heterocycles. The van der Waals surface area contributed by atoms with Crippen LogP contribution in [0.3, 0.4) is 0 Å². The molecular weight excluding hydrogens is 242 g/mol. The van der Waals surface area contributed by atoms with Crippen LogP contribution in [0.5, 0.6) is 0 Å². The zero-order valence-corrected chi connectivity index (χ0v) is 11.5. The first-order chi connectivity index (χ1) is 9.03. The van der Waals surface area contributed by atoms with E-state index in [9.17, 15) is 4.79 Å². The third-order valence-corrected chi connectivity index (χ3v) is 2.87. The molecule has 1 aromatic rings. The van der Waals surface area contributed by atoms with E-state index in [4.69, 9.17) is 5.21 Å². The van der Waals surface area contributed by atoms with Crippen LogP contribution in [0.25, 0.3) is 0 Å². The summed E-state index contributed by atoms with van der Waals surface area (Å²) in [7, 11) is 4.34. The Labute approximate surface area is 114 Å². The Kier molecular flexibility index (Phi) is 6.02. The first-order valence-electron chi connectivity index (χ1n) is 6.35. The molecule has 1 rings (SSSR count). The molecule has 0 fully saturated rings. The zero-order valence-electron chi connectivity index (χ0n) is 11.5. The molecule has 0 aliphatic rings. The van der Waals surface area contributed by atoms with Gasteiger partial charge in [0.2, 0.25) is 0 Å². The lowest BCUT2D eigenvalue weighted by Crippen LogP contribution is -2.41. The number of amides is 1. The van der Waals surface area contributed by atoms with Gasteiger partial charge in [0.1, 0.15) is 12.8 Å². The van der Waals surface area contributed by atoms with E-state index in [0.717, 1.165) is 30.2 Å². The SMILES string of the molecule is C[N+](C)(CCCNC(=O)C=NO)Cc1ccccc1. The molecular formula is C14H22N3O2+. The largest absolute Gasteiger partial charge is 0.411 e. The van der Waals surface area contributed by atoms with Crippen LogP contribution >= 0.6 is 0 Å². The highest BCUT2D eigenvalue weighted by Gasteiger charge is 2.15. The number of carbonyl (C=O) groups excluding carboxylic acids is 1. The Bertz CT molecular complexity index is 416. The molecule has 5 nitrogen and oxygen atoms in total. The van der Waals surface area contributed by atoms with Crippen molar-refractivity contribution >= 4 is 12.1 Å². The fourth-order valence-electron chi connectivity index (χ4n) is 1.97. The fraction of sp³-hybridized carbons (Fsp3) is 0.429. The van der Waals surface area contributed by atoms with Crippen molar-refractivity contribution in [1.29, 1.82) is 0 Å². The van der Waals surface area contributed by atoms with E-state index in [1.165, 1.54) is 5.56 Å². The van der Waals surface area contributed by atoms with Crippen LogP contribution in [0.15, 0.2) is 35.5 Å². The minimum absolute atomic E-state index is 0.365. The van der Waals surface area contributed by atoms with E-state index in [0.29, 0.717) is 6.54 Å². The highest BCUT2D eigenvalue weighted by atomic mass is 16.4.